The molecule has 0 saturated heterocycles. The number of halogens is 1. The molecule has 3 aliphatic carbocycles. The van der Waals surface area contributed by atoms with E-state index in [1.54, 1.807) is 0 Å². The van der Waals surface area contributed by atoms with Gasteiger partial charge in [-0.25, -0.2) is 9.18 Å². The van der Waals surface area contributed by atoms with Crippen LogP contribution in [0.3, 0.4) is 0 Å². The van der Waals surface area contributed by atoms with E-state index in [4.69, 9.17) is 9.84 Å². The number of carbonyl (C=O) groups is 1. The molecule has 2 bridgehead atoms. The number of benzene rings is 1. The fraction of sp³-hybridized carbons (Fsp3) is 0.588. The largest absolute Gasteiger partial charge is 0.490 e. The third-order valence-electron chi connectivity index (χ3n) is 5.30. The SMILES string of the molecule is O=C(O)c1cc(C2CC2)c(O[C@H]2C[C@@H]3CC[C@H]2C3)cc1F. The van der Waals surface area contributed by atoms with Crippen LogP contribution in [-0.2, 0) is 0 Å². The smallest absolute Gasteiger partial charge is 0.338 e. The Morgan fingerprint density at radius 1 is 1.19 bits per heavy atom. The van der Waals surface area contributed by atoms with E-state index >= 15 is 0 Å². The number of hydrogen-bond donors (Lipinski definition) is 1. The highest BCUT2D eigenvalue weighted by Gasteiger charge is 2.41. The number of carboxylic acid groups (broad SMARTS) is 1. The van der Waals surface area contributed by atoms with E-state index in [-0.39, 0.29) is 11.7 Å². The predicted molar refractivity (Wildman–Crippen MR) is 75.2 cm³/mol. The molecule has 112 valence electrons. The third-order valence-corrected chi connectivity index (χ3v) is 5.30. The van der Waals surface area contributed by atoms with Crippen LogP contribution in [0, 0.1) is 17.7 Å². The van der Waals surface area contributed by atoms with Crippen LogP contribution in [-0.4, -0.2) is 17.2 Å². The molecule has 3 atom stereocenters. The maximum Gasteiger partial charge on any atom is 0.338 e. The number of carboxylic acids is 1. The van der Waals surface area contributed by atoms with Crippen molar-refractivity contribution in [3.8, 4) is 5.75 Å². The molecule has 3 aliphatic rings. The molecule has 0 spiro atoms. The zero-order chi connectivity index (χ0) is 14.6. The van der Waals surface area contributed by atoms with Crippen molar-refractivity contribution in [2.75, 3.05) is 0 Å². The first-order chi connectivity index (χ1) is 10.1. The summed E-state index contributed by atoms with van der Waals surface area (Å²) in [7, 11) is 0. The van der Waals surface area contributed by atoms with Crippen molar-refractivity contribution in [3.63, 3.8) is 0 Å². The number of aromatic carboxylic acids is 1. The third kappa shape index (κ3) is 2.30. The van der Waals surface area contributed by atoms with E-state index in [0.717, 1.165) is 30.7 Å². The Labute approximate surface area is 123 Å². The Kier molecular flexibility index (Phi) is 2.95. The Balaban J connectivity index is 1.64. The zero-order valence-electron chi connectivity index (χ0n) is 11.8. The van der Waals surface area contributed by atoms with E-state index in [1.807, 2.05) is 0 Å². The lowest BCUT2D eigenvalue weighted by atomic mass is 9.97. The Bertz CT molecular complexity index is 594. The fourth-order valence-electron chi connectivity index (χ4n) is 4.04. The summed E-state index contributed by atoms with van der Waals surface area (Å²) in [6.07, 6.45) is 7.08. The molecule has 1 N–H and O–H groups in total. The summed E-state index contributed by atoms with van der Waals surface area (Å²) in [5.74, 6) is 0.401. The normalized spacial score (nSPS) is 30.6. The van der Waals surface area contributed by atoms with Crippen LogP contribution < -0.4 is 4.74 Å². The van der Waals surface area contributed by atoms with Crippen molar-refractivity contribution in [1.82, 2.24) is 0 Å². The molecular formula is C17H19FO3. The van der Waals surface area contributed by atoms with Crippen molar-refractivity contribution in [2.24, 2.45) is 11.8 Å². The zero-order valence-corrected chi connectivity index (χ0v) is 11.8. The Morgan fingerprint density at radius 2 is 2.00 bits per heavy atom. The Morgan fingerprint density at radius 3 is 2.57 bits per heavy atom. The van der Waals surface area contributed by atoms with Gasteiger partial charge in [0.25, 0.3) is 0 Å². The standard InChI is InChI=1S/C17H19FO3/c18-14-8-16(21-15-6-9-1-2-11(15)5-9)12(10-3-4-10)7-13(14)17(19)20/h7-11,15H,1-6H2,(H,19,20)/t9-,11+,15+/m1/s1. The molecule has 0 aliphatic heterocycles. The first kappa shape index (κ1) is 13.1. The van der Waals surface area contributed by atoms with Crippen LogP contribution in [0.25, 0.3) is 0 Å². The lowest BCUT2D eigenvalue weighted by Crippen LogP contribution is -2.24. The summed E-state index contributed by atoms with van der Waals surface area (Å²) in [6.45, 7) is 0. The van der Waals surface area contributed by atoms with Gasteiger partial charge in [-0.2, -0.15) is 0 Å². The van der Waals surface area contributed by atoms with Crippen molar-refractivity contribution in [3.05, 3.63) is 29.1 Å². The van der Waals surface area contributed by atoms with Crippen LogP contribution >= 0.6 is 0 Å². The summed E-state index contributed by atoms with van der Waals surface area (Å²) < 4.78 is 20.1. The molecule has 4 rings (SSSR count). The summed E-state index contributed by atoms with van der Waals surface area (Å²) in [4.78, 5) is 11.1. The summed E-state index contributed by atoms with van der Waals surface area (Å²) in [5.41, 5.74) is 0.647. The lowest BCUT2D eigenvalue weighted by molar-refractivity contribution is 0.0691. The first-order valence-electron chi connectivity index (χ1n) is 7.85. The van der Waals surface area contributed by atoms with Crippen molar-refractivity contribution >= 4 is 5.97 Å². The van der Waals surface area contributed by atoms with Gasteiger partial charge >= 0.3 is 5.97 Å². The van der Waals surface area contributed by atoms with Gasteiger partial charge in [0.15, 0.2) is 0 Å². The summed E-state index contributed by atoms with van der Waals surface area (Å²) >= 11 is 0. The molecule has 0 heterocycles. The summed E-state index contributed by atoms with van der Waals surface area (Å²) in [6, 6.07) is 2.78. The molecule has 3 nitrogen and oxygen atoms in total. The van der Waals surface area contributed by atoms with Gasteiger partial charge in [-0.1, -0.05) is 0 Å². The molecule has 0 unspecified atom stereocenters. The number of rotatable bonds is 4. The van der Waals surface area contributed by atoms with Gasteiger partial charge in [0.1, 0.15) is 17.7 Å². The molecule has 0 aromatic heterocycles. The second-order valence-corrected chi connectivity index (χ2v) is 6.78. The van der Waals surface area contributed by atoms with Crippen molar-refractivity contribution < 1.29 is 19.0 Å². The van der Waals surface area contributed by atoms with Crippen LogP contribution in [0.2, 0.25) is 0 Å². The second-order valence-electron chi connectivity index (χ2n) is 6.78. The molecule has 0 amide bonds. The molecule has 3 saturated carbocycles. The number of hydrogen-bond acceptors (Lipinski definition) is 2. The van der Waals surface area contributed by atoms with Crippen LogP contribution in [0.5, 0.6) is 5.75 Å². The van der Waals surface area contributed by atoms with Crippen molar-refractivity contribution in [2.45, 2.75) is 50.5 Å². The van der Waals surface area contributed by atoms with E-state index in [0.29, 0.717) is 17.6 Å². The minimum Gasteiger partial charge on any atom is -0.490 e. The van der Waals surface area contributed by atoms with Crippen LogP contribution in [0.15, 0.2) is 12.1 Å². The van der Waals surface area contributed by atoms with Gasteiger partial charge in [-0.05, 0) is 67.9 Å². The van der Waals surface area contributed by atoms with Gasteiger partial charge in [-0.3, -0.25) is 0 Å². The minimum absolute atomic E-state index is 0.191. The molecule has 0 radical (unpaired) electrons. The average molecular weight is 290 g/mol. The number of ether oxygens (including phenoxy) is 1. The van der Waals surface area contributed by atoms with Crippen LogP contribution in [0.1, 0.15) is 60.4 Å². The molecule has 21 heavy (non-hydrogen) atoms. The molecule has 3 fully saturated rings. The van der Waals surface area contributed by atoms with E-state index in [1.165, 1.54) is 31.4 Å². The fourth-order valence-corrected chi connectivity index (χ4v) is 4.04. The highest BCUT2D eigenvalue weighted by Crippen LogP contribution is 2.49. The van der Waals surface area contributed by atoms with E-state index in [9.17, 15) is 9.18 Å². The second kappa shape index (κ2) is 4.72. The molecular weight excluding hydrogens is 271 g/mol. The monoisotopic (exact) mass is 290 g/mol. The topological polar surface area (TPSA) is 46.5 Å². The van der Waals surface area contributed by atoms with Crippen LogP contribution in [0.4, 0.5) is 4.39 Å². The predicted octanol–water partition coefficient (Wildman–Crippen LogP) is 3.97. The summed E-state index contributed by atoms with van der Waals surface area (Å²) in [5, 5.41) is 9.07. The molecule has 1 aromatic rings. The molecule has 4 heteroatoms. The average Bonchev–Trinajstić information content (AvgIpc) is 3.07. The number of fused-ring (bicyclic) bond motifs is 2. The van der Waals surface area contributed by atoms with Gasteiger partial charge in [0, 0.05) is 6.07 Å². The highest BCUT2D eigenvalue weighted by atomic mass is 19.1. The van der Waals surface area contributed by atoms with Gasteiger partial charge < -0.3 is 9.84 Å². The molecule has 1 aromatic carbocycles. The quantitative estimate of drug-likeness (QED) is 0.912. The van der Waals surface area contributed by atoms with Gasteiger partial charge in [0.2, 0.25) is 0 Å². The first-order valence-corrected chi connectivity index (χ1v) is 7.85. The highest BCUT2D eigenvalue weighted by molar-refractivity contribution is 5.88. The van der Waals surface area contributed by atoms with E-state index in [2.05, 4.69) is 0 Å². The van der Waals surface area contributed by atoms with Gasteiger partial charge in [-0.15, -0.1) is 0 Å². The maximum atomic E-state index is 14.0. The minimum atomic E-state index is -1.21. The Hall–Kier alpha value is -1.58. The lowest BCUT2D eigenvalue weighted by Gasteiger charge is -2.24. The van der Waals surface area contributed by atoms with Gasteiger partial charge in [0.05, 0.1) is 5.56 Å². The maximum absolute atomic E-state index is 14.0. The van der Waals surface area contributed by atoms with E-state index < -0.39 is 11.8 Å². The van der Waals surface area contributed by atoms with Crippen molar-refractivity contribution in [1.29, 1.82) is 0 Å².